The maximum Gasteiger partial charge on any atom is 0.125 e. The summed E-state index contributed by atoms with van der Waals surface area (Å²) >= 11 is 0. The molecule has 0 radical (unpaired) electrons. The van der Waals surface area contributed by atoms with Crippen molar-refractivity contribution in [1.29, 1.82) is 10.5 Å². The standard InChI is InChI=1S/C10H8N4O.C10H10N2O/c11-6-7-1-2-8-9(13-14-12)3-4-15-10(8)5-7;11-6-7-1-2-8-9(12)3-4-13-10(8)5-7/h1-2,5,9H,3-4H2;1-2,5,9H,3-4,12H2. The lowest BCUT2D eigenvalue weighted by molar-refractivity contribution is 0.268. The number of ether oxygens (including phenoxy) is 2. The first kappa shape index (κ1) is 19.1. The van der Waals surface area contributed by atoms with Crippen molar-refractivity contribution in [1.82, 2.24) is 0 Å². The molecular formula is C20H18N6O2. The molecule has 2 atom stereocenters. The van der Waals surface area contributed by atoms with Crippen LogP contribution in [-0.2, 0) is 0 Å². The SMILES string of the molecule is N#Cc1ccc2c(c1)OCCC2N.N#Cc1ccc2c(c1)OCCC2N=[N+]=[N-]. The highest BCUT2D eigenvalue weighted by Gasteiger charge is 2.20. The zero-order chi connectivity index (χ0) is 19.9. The molecule has 140 valence electrons. The van der Waals surface area contributed by atoms with E-state index in [0.717, 1.165) is 23.3 Å². The summed E-state index contributed by atoms with van der Waals surface area (Å²) in [7, 11) is 0. The van der Waals surface area contributed by atoms with Gasteiger partial charge in [0.2, 0.25) is 0 Å². The van der Waals surface area contributed by atoms with Gasteiger partial charge in [-0.05, 0) is 36.2 Å². The summed E-state index contributed by atoms with van der Waals surface area (Å²) < 4.78 is 10.8. The molecule has 2 aromatic rings. The largest absolute Gasteiger partial charge is 0.493 e. The summed E-state index contributed by atoms with van der Waals surface area (Å²) in [4.78, 5) is 2.81. The Morgan fingerprint density at radius 3 is 2.14 bits per heavy atom. The molecule has 2 aliphatic heterocycles. The van der Waals surface area contributed by atoms with Crippen molar-refractivity contribution < 1.29 is 9.47 Å². The van der Waals surface area contributed by atoms with Gasteiger partial charge in [-0.3, -0.25) is 0 Å². The first-order chi connectivity index (χ1) is 13.7. The van der Waals surface area contributed by atoms with Gasteiger partial charge in [-0.25, -0.2) is 0 Å². The van der Waals surface area contributed by atoms with Crippen molar-refractivity contribution in [3.63, 3.8) is 0 Å². The molecule has 4 rings (SSSR count). The Morgan fingerprint density at radius 1 is 0.964 bits per heavy atom. The molecule has 2 unspecified atom stereocenters. The van der Waals surface area contributed by atoms with Crippen LogP contribution in [0.2, 0.25) is 0 Å². The molecule has 0 fully saturated rings. The fourth-order valence-electron chi connectivity index (χ4n) is 3.11. The molecule has 0 bridgehead atoms. The molecule has 28 heavy (non-hydrogen) atoms. The third-order valence-corrected chi connectivity index (χ3v) is 4.57. The van der Waals surface area contributed by atoms with Crippen LogP contribution in [0.3, 0.4) is 0 Å². The van der Waals surface area contributed by atoms with E-state index >= 15 is 0 Å². The fourth-order valence-corrected chi connectivity index (χ4v) is 3.11. The first-order valence-electron chi connectivity index (χ1n) is 8.79. The summed E-state index contributed by atoms with van der Waals surface area (Å²) in [5.41, 5.74) is 17.3. The van der Waals surface area contributed by atoms with Gasteiger partial charge in [0, 0.05) is 28.5 Å². The molecule has 2 heterocycles. The Bertz CT molecular complexity index is 1000. The second-order valence-corrected chi connectivity index (χ2v) is 6.33. The Labute approximate surface area is 162 Å². The Kier molecular flexibility index (Phi) is 5.98. The van der Waals surface area contributed by atoms with E-state index in [1.807, 2.05) is 12.1 Å². The molecule has 0 saturated heterocycles. The number of hydrogen-bond acceptors (Lipinski definition) is 6. The van der Waals surface area contributed by atoms with Crippen LogP contribution < -0.4 is 15.2 Å². The van der Waals surface area contributed by atoms with Crippen LogP contribution >= 0.6 is 0 Å². The molecule has 0 amide bonds. The van der Waals surface area contributed by atoms with Crippen molar-refractivity contribution >= 4 is 0 Å². The minimum Gasteiger partial charge on any atom is -0.493 e. The lowest BCUT2D eigenvalue weighted by Gasteiger charge is -2.22. The molecule has 0 aromatic heterocycles. The number of benzene rings is 2. The van der Waals surface area contributed by atoms with Crippen molar-refractivity contribution in [2.75, 3.05) is 13.2 Å². The Hall–Kier alpha value is -3.71. The predicted molar refractivity (Wildman–Crippen MR) is 101 cm³/mol. The minimum atomic E-state index is -0.175. The lowest BCUT2D eigenvalue weighted by Crippen LogP contribution is -2.20. The number of fused-ring (bicyclic) bond motifs is 2. The third-order valence-electron chi connectivity index (χ3n) is 4.57. The van der Waals surface area contributed by atoms with E-state index in [1.54, 1.807) is 30.3 Å². The highest BCUT2D eigenvalue weighted by atomic mass is 16.5. The smallest absolute Gasteiger partial charge is 0.125 e. The first-order valence-corrected chi connectivity index (χ1v) is 8.79. The van der Waals surface area contributed by atoms with Gasteiger partial charge in [-0.1, -0.05) is 17.2 Å². The summed E-state index contributed by atoms with van der Waals surface area (Å²) in [5.74, 6) is 1.41. The van der Waals surface area contributed by atoms with Crippen LogP contribution in [0, 0.1) is 22.7 Å². The molecule has 2 aromatic carbocycles. The van der Waals surface area contributed by atoms with Crippen LogP contribution in [0.4, 0.5) is 0 Å². The summed E-state index contributed by atoms with van der Waals surface area (Å²) in [6, 6.07) is 14.5. The van der Waals surface area contributed by atoms with E-state index < -0.39 is 0 Å². The normalized spacial score (nSPS) is 18.8. The third kappa shape index (κ3) is 4.16. The second kappa shape index (κ2) is 8.79. The maximum absolute atomic E-state index is 8.72. The Morgan fingerprint density at radius 2 is 1.54 bits per heavy atom. The van der Waals surface area contributed by atoms with Gasteiger partial charge in [0.05, 0.1) is 42.5 Å². The van der Waals surface area contributed by atoms with Gasteiger partial charge in [-0.2, -0.15) is 10.5 Å². The van der Waals surface area contributed by atoms with Crippen LogP contribution in [0.5, 0.6) is 11.5 Å². The number of rotatable bonds is 1. The van der Waals surface area contributed by atoms with Crippen LogP contribution in [0.25, 0.3) is 10.4 Å². The number of azide groups is 1. The van der Waals surface area contributed by atoms with E-state index in [1.165, 1.54) is 0 Å². The summed E-state index contributed by atoms with van der Waals surface area (Å²) in [6.07, 6.45) is 1.53. The topological polar surface area (TPSA) is 141 Å². The van der Waals surface area contributed by atoms with E-state index in [0.29, 0.717) is 36.5 Å². The van der Waals surface area contributed by atoms with Gasteiger partial charge in [0.25, 0.3) is 0 Å². The van der Waals surface area contributed by atoms with Crippen molar-refractivity contribution in [3.8, 4) is 23.6 Å². The molecule has 2 N–H and O–H groups in total. The highest BCUT2D eigenvalue weighted by molar-refractivity contribution is 5.45. The van der Waals surface area contributed by atoms with E-state index in [2.05, 4.69) is 16.1 Å². The monoisotopic (exact) mass is 374 g/mol. The second-order valence-electron chi connectivity index (χ2n) is 6.33. The van der Waals surface area contributed by atoms with Crippen molar-refractivity contribution in [2.45, 2.75) is 24.9 Å². The van der Waals surface area contributed by atoms with Crippen molar-refractivity contribution in [2.24, 2.45) is 10.8 Å². The van der Waals surface area contributed by atoms with E-state index in [4.69, 9.17) is 31.3 Å². The Balaban J connectivity index is 0.000000162. The van der Waals surface area contributed by atoms with Crippen LogP contribution in [-0.4, -0.2) is 13.2 Å². The van der Waals surface area contributed by atoms with E-state index in [9.17, 15) is 0 Å². The fraction of sp³-hybridized carbons (Fsp3) is 0.300. The zero-order valence-electron chi connectivity index (χ0n) is 15.1. The quantitative estimate of drug-likeness (QED) is 0.455. The number of nitriles is 2. The van der Waals surface area contributed by atoms with E-state index in [-0.39, 0.29) is 12.1 Å². The molecule has 0 aliphatic carbocycles. The average molecular weight is 374 g/mol. The van der Waals surface area contributed by atoms with Crippen LogP contribution in [0.15, 0.2) is 41.5 Å². The molecule has 0 saturated carbocycles. The molecule has 8 nitrogen and oxygen atoms in total. The summed E-state index contributed by atoms with van der Waals surface area (Å²) in [6.45, 7) is 1.16. The average Bonchev–Trinajstić information content (AvgIpc) is 2.74. The molecule has 0 spiro atoms. The summed E-state index contributed by atoms with van der Waals surface area (Å²) in [5, 5.41) is 21.1. The predicted octanol–water partition coefficient (Wildman–Crippen LogP) is 4.03. The van der Waals surface area contributed by atoms with Crippen molar-refractivity contribution in [3.05, 3.63) is 69.1 Å². The highest BCUT2D eigenvalue weighted by Crippen LogP contribution is 2.35. The molecular weight excluding hydrogens is 356 g/mol. The number of nitrogens with two attached hydrogens (primary N) is 1. The minimum absolute atomic E-state index is 0.0523. The van der Waals surface area contributed by atoms with Crippen LogP contribution in [0.1, 0.15) is 47.2 Å². The van der Waals surface area contributed by atoms with Gasteiger partial charge in [0.15, 0.2) is 0 Å². The number of hydrogen-bond donors (Lipinski definition) is 1. The molecule has 8 heteroatoms. The zero-order valence-corrected chi connectivity index (χ0v) is 15.1. The number of nitrogens with zero attached hydrogens (tertiary/aromatic N) is 5. The van der Waals surface area contributed by atoms with Gasteiger partial charge in [-0.15, -0.1) is 0 Å². The van der Waals surface area contributed by atoms with Gasteiger partial charge in [0.1, 0.15) is 11.5 Å². The molecule has 2 aliphatic rings. The maximum atomic E-state index is 8.72. The lowest BCUT2D eigenvalue weighted by atomic mass is 10.00. The van der Waals surface area contributed by atoms with Gasteiger partial charge >= 0.3 is 0 Å². The van der Waals surface area contributed by atoms with Gasteiger partial charge < -0.3 is 15.2 Å².